The Balaban J connectivity index is 1.38. The zero-order valence-electron chi connectivity index (χ0n) is 17.1. The zero-order valence-corrected chi connectivity index (χ0v) is 17.1. The summed E-state index contributed by atoms with van der Waals surface area (Å²) in [6.07, 6.45) is 7.51. The number of pyridine rings is 1. The van der Waals surface area contributed by atoms with Gasteiger partial charge >= 0.3 is 0 Å². The van der Waals surface area contributed by atoms with Gasteiger partial charge in [-0.3, -0.25) is 14.7 Å². The predicted octanol–water partition coefficient (Wildman–Crippen LogP) is 5.56. The van der Waals surface area contributed by atoms with Crippen LogP contribution in [0.4, 0.5) is 0 Å². The second-order valence-electron chi connectivity index (χ2n) is 8.74. The van der Waals surface area contributed by atoms with Crippen molar-refractivity contribution in [2.75, 3.05) is 0 Å². The van der Waals surface area contributed by atoms with Gasteiger partial charge in [-0.2, -0.15) is 0 Å². The summed E-state index contributed by atoms with van der Waals surface area (Å²) in [7, 11) is 0. The van der Waals surface area contributed by atoms with Crippen LogP contribution >= 0.6 is 0 Å². The van der Waals surface area contributed by atoms with Crippen LogP contribution in [0.5, 0.6) is 0 Å². The van der Waals surface area contributed by atoms with Crippen molar-refractivity contribution in [3.8, 4) is 0 Å². The molecule has 0 N–H and O–H groups in total. The number of benzene rings is 2. The van der Waals surface area contributed by atoms with Gasteiger partial charge in [0.05, 0.1) is 5.52 Å². The minimum atomic E-state index is 0.136. The summed E-state index contributed by atoms with van der Waals surface area (Å²) >= 11 is 0. The van der Waals surface area contributed by atoms with Gasteiger partial charge in [0.15, 0.2) is 5.78 Å². The van der Waals surface area contributed by atoms with E-state index in [0.29, 0.717) is 17.9 Å². The summed E-state index contributed by atoms with van der Waals surface area (Å²) in [4.78, 5) is 20.7. The summed E-state index contributed by atoms with van der Waals surface area (Å²) in [6.45, 7) is 3.06. The van der Waals surface area contributed by atoms with Gasteiger partial charge in [-0.1, -0.05) is 55.0 Å². The molecule has 2 fully saturated rings. The number of ketones is 1. The normalized spacial score (nSPS) is 24.5. The maximum atomic E-state index is 13.5. The molecule has 3 heteroatoms. The van der Waals surface area contributed by atoms with E-state index in [4.69, 9.17) is 0 Å². The topological polar surface area (TPSA) is 33.2 Å². The van der Waals surface area contributed by atoms with E-state index in [9.17, 15) is 4.79 Å². The number of Topliss-reactive ketones (excluding diaryl/α,β-unsaturated/α-hetero) is 1. The summed E-state index contributed by atoms with van der Waals surface area (Å²) in [6, 6.07) is 19.9. The fourth-order valence-electron chi connectivity index (χ4n) is 5.52. The Kier molecular flexibility index (Phi) is 4.92. The van der Waals surface area contributed by atoms with Gasteiger partial charge in [0.2, 0.25) is 0 Å². The first-order chi connectivity index (χ1) is 14.2. The molecule has 0 radical (unpaired) electrons. The molecule has 2 saturated heterocycles. The lowest BCUT2D eigenvalue weighted by Gasteiger charge is -2.48. The van der Waals surface area contributed by atoms with E-state index < -0.39 is 0 Å². The summed E-state index contributed by atoms with van der Waals surface area (Å²) in [5.41, 5.74) is 4.24. The Morgan fingerprint density at radius 1 is 1.00 bits per heavy atom. The van der Waals surface area contributed by atoms with Gasteiger partial charge in [-0.05, 0) is 49.8 Å². The average Bonchev–Trinajstić information content (AvgIpc) is 2.74. The highest BCUT2D eigenvalue weighted by Crippen LogP contribution is 2.39. The van der Waals surface area contributed by atoms with Crippen molar-refractivity contribution in [1.82, 2.24) is 9.88 Å². The molecule has 29 heavy (non-hydrogen) atoms. The Bertz CT molecular complexity index is 1020. The molecular weight excluding hydrogens is 356 g/mol. The maximum Gasteiger partial charge on any atom is 0.166 e. The van der Waals surface area contributed by atoms with Gasteiger partial charge in [0, 0.05) is 41.7 Å². The lowest BCUT2D eigenvalue weighted by Crippen LogP contribution is -2.52. The van der Waals surface area contributed by atoms with Crippen molar-refractivity contribution in [2.45, 2.75) is 57.7 Å². The van der Waals surface area contributed by atoms with E-state index in [1.807, 2.05) is 31.3 Å². The Morgan fingerprint density at radius 2 is 1.76 bits per heavy atom. The van der Waals surface area contributed by atoms with E-state index in [0.717, 1.165) is 41.4 Å². The molecule has 3 aromatic rings. The largest absolute Gasteiger partial charge is 0.294 e. The monoisotopic (exact) mass is 384 g/mol. The quantitative estimate of drug-likeness (QED) is 0.552. The number of rotatable bonds is 4. The van der Waals surface area contributed by atoms with Crippen LogP contribution in [0.15, 0.2) is 60.8 Å². The van der Waals surface area contributed by atoms with E-state index >= 15 is 0 Å². The van der Waals surface area contributed by atoms with Crippen molar-refractivity contribution in [2.24, 2.45) is 5.92 Å². The third kappa shape index (κ3) is 3.49. The van der Waals surface area contributed by atoms with Gasteiger partial charge < -0.3 is 0 Å². The molecular formula is C26H28N2O. The fourth-order valence-corrected chi connectivity index (χ4v) is 5.52. The minimum absolute atomic E-state index is 0.136. The highest BCUT2D eigenvalue weighted by molar-refractivity contribution is 6.03. The third-order valence-electron chi connectivity index (χ3n) is 7.00. The summed E-state index contributed by atoms with van der Waals surface area (Å²) in [5, 5.41) is 1.11. The second-order valence-corrected chi connectivity index (χ2v) is 8.74. The molecule has 2 bridgehead atoms. The fraction of sp³-hybridized carbons (Fsp3) is 0.385. The molecule has 0 aliphatic carbocycles. The van der Waals surface area contributed by atoms with Gasteiger partial charge in [-0.25, -0.2) is 0 Å². The van der Waals surface area contributed by atoms with Crippen LogP contribution in [-0.4, -0.2) is 27.8 Å². The van der Waals surface area contributed by atoms with E-state index in [2.05, 4.69) is 46.3 Å². The van der Waals surface area contributed by atoms with Crippen molar-refractivity contribution < 1.29 is 4.79 Å². The molecule has 2 aliphatic heterocycles. The van der Waals surface area contributed by atoms with Crippen LogP contribution in [0.1, 0.15) is 53.6 Å². The van der Waals surface area contributed by atoms with Gasteiger partial charge in [-0.15, -0.1) is 0 Å². The van der Waals surface area contributed by atoms with E-state index in [1.165, 1.54) is 24.8 Å². The maximum absolute atomic E-state index is 13.5. The predicted molar refractivity (Wildman–Crippen MR) is 117 cm³/mol. The number of aromatic nitrogens is 1. The molecule has 5 rings (SSSR count). The smallest absolute Gasteiger partial charge is 0.166 e. The number of fused-ring (bicyclic) bond motifs is 3. The number of nitrogens with zero attached hydrogens (tertiary/aromatic N) is 2. The lowest BCUT2D eigenvalue weighted by molar-refractivity contribution is 0.00905. The number of carbonyl (C=O) groups excluding carboxylic acids is 1. The number of piperidine rings is 2. The molecule has 0 amide bonds. The lowest BCUT2D eigenvalue weighted by atomic mass is 9.75. The Hall–Kier alpha value is -2.52. The molecule has 2 unspecified atom stereocenters. The van der Waals surface area contributed by atoms with Crippen LogP contribution in [0.25, 0.3) is 10.9 Å². The number of hydrogen-bond donors (Lipinski definition) is 0. The molecule has 0 saturated carbocycles. The van der Waals surface area contributed by atoms with Crippen LogP contribution in [0, 0.1) is 12.8 Å². The standard InChI is InChI=1S/C26H28N2O/c1-18-24(13-12-20-9-6-14-27-25(18)20)26(29)21-15-22-10-5-11-23(16-21)28(22)17-19-7-3-2-4-8-19/h2-4,6-9,12-14,21-23H,5,10-11,15-17H2,1H3. The molecule has 2 aromatic carbocycles. The molecule has 148 valence electrons. The SMILES string of the molecule is Cc1c(C(=O)C2CC3CCCC(C2)N3Cc2ccccc2)ccc2cccnc12. The van der Waals surface area contributed by atoms with Crippen LogP contribution < -0.4 is 0 Å². The molecule has 2 atom stereocenters. The van der Waals surface area contributed by atoms with Crippen molar-refractivity contribution in [1.29, 1.82) is 0 Å². The Labute approximate surface area is 172 Å². The summed E-state index contributed by atoms with van der Waals surface area (Å²) < 4.78 is 0. The van der Waals surface area contributed by atoms with E-state index in [-0.39, 0.29) is 5.92 Å². The number of carbonyl (C=O) groups is 1. The second kappa shape index (κ2) is 7.72. The first kappa shape index (κ1) is 18.5. The van der Waals surface area contributed by atoms with Crippen molar-refractivity contribution >= 4 is 16.7 Å². The highest BCUT2D eigenvalue weighted by Gasteiger charge is 2.40. The van der Waals surface area contributed by atoms with Crippen LogP contribution in [-0.2, 0) is 6.54 Å². The molecule has 0 spiro atoms. The van der Waals surface area contributed by atoms with Crippen LogP contribution in [0.2, 0.25) is 0 Å². The molecule has 2 aliphatic rings. The average molecular weight is 385 g/mol. The summed E-state index contributed by atoms with van der Waals surface area (Å²) in [5.74, 6) is 0.462. The third-order valence-corrected chi connectivity index (χ3v) is 7.00. The van der Waals surface area contributed by atoms with Gasteiger partial charge in [0.25, 0.3) is 0 Å². The zero-order chi connectivity index (χ0) is 19.8. The van der Waals surface area contributed by atoms with E-state index in [1.54, 1.807) is 0 Å². The molecule has 3 heterocycles. The van der Waals surface area contributed by atoms with Crippen LogP contribution in [0.3, 0.4) is 0 Å². The number of aryl methyl sites for hydroxylation is 1. The molecule has 3 nitrogen and oxygen atoms in total. The van der Waals surface area contributed by atoms with Gasteiger partial charge in [0.1, 0.15) is 0 Å². The van der Waals surface area contributed by atoms with Crippen molar-refractivity contribution in [3.05, 3.63) is 77.5 Å². The van der Waals surface area contributed by atoms with Crippen molar-refractivity contribution in [3.63, 3.8) is 0 Å². The highest BCUT2D eigenvalue weighted by atomic mass is 16.1. The minimum Gasteiger partial charge on any atom is -0.294 e. The number of hydrogen-bond acceptors (Lipinski definition) is 3. The molecule has 1 aromatic heterocycles. The first-order valence-electron chi connectivity index (χ1n) is 10.9. The first-order valence-corrected chi connectivity index (χ1v) is 10.9. The Morgan fingerprint density at radius 3 is 2.52 bits per heavy atom.